The van der Waals surface area contributed by atoms with E-state index in [2.05, 4.69) is 4.90 Å². The summed E-state index contributed by atoms with van der Waals surface area (Å²) in [5.74, 6) is 0.834. The quantitative estimate of drug-likeness (QED) is 0.796. The number of aliphatic hydroxyl groups is 1. The van der Waals surface area contributed by atoms with Crippen molar-refractivity contribution in [3.63, 3.8) is 0 Å². The maximum absolute atomic E-state index is 12.0. The van der Waals surface area contributed by atoms with Crippen molar-refractivity contribution < 1.29 is 14.6 Å². The SMILES string of the molecule is O=C(COCC1CC1)N1CCN([C@@H]2CCC[C@@H]2O)CC1. The first-order valence-electron chi connectivity index (χ1n) is 8.01. The van der Waals surface area contributed by atoms with Gasteiger partial charge in [0.25, 0.3) is 0 Å². The highest BCUT2D eigenvalue weighted by molar-refractivity contribution is 5.77. The van der Waals surface area contributed by atoms with Gasteiger partial charge in [-0.2, -0.15) is 0 Å². The Bertz CT molecular complexity index is 338. The van der Waals surface area contributed by atoms with Gasteiger partial charge in [-0.15, -0.1) is 0 Å². The lowest BCUT2D eigenvalue weighted by Crippen LogP contribution is -2.54. The zero-order valence-electron chi connectivity index (χ0n) is 12.2. The van der Waals surface area contributed by atoms with Crippen LogP contribution in [0.2, 0.25) is 0 Å². The van der Waals surface area contributed by atoms with E-state index in [0.717, 1.165) is 52.0 Å². The van der Waals surface area contributed by atoms with Gasteiger partial charge in [-0.3, -0.25) is 9.69 Å². The van der Waals surface area contributed by atoms with Gasteiger partial charge in [0.05, 0.1) is 12.7 Å². The number of carbonyl (C=O) groups excluding carboxylic acids is 1. The molecule has 1 N–H and O–H groups in total. The zero-order chi connectivity index (χ0) is 13.9. The van der Waals surface area contributed by atoms with Crippen molar-refractivity contribution in [2.75, 3.05) is 39.4 Å². The molecular weight excluding hydrogens is 256 g/mol. The molecule has 0 bridgehead atoms. The molecule has 5 nitrogen and oxygen atoms in total. The van der Waals surface area contributed by atoms with Crippen LogP contribution in [0.3, 0.4) is 0 Å². The molecule has 0 spiro atoms. The smallest absolute Gasteiger partial charge is 0.248 e. The highest BCUT2D eigenvalue weighted by atomic mass is 16.5. The Morgan fingerprint density at radius 1 is 1.10 bits per heavy atom. The summed E-state index contributed by atoms with van der Waals surface area (Å²) in [7, 11) is 0. The third kappa shape index (κ3) is 3.51. The molecular formula is C15H26N2O3. The summed E-state index contributed by atoms with van der Waals surface area (Å²) in [5, 5.41) is 9.95. The number of hydrogen-bond acceptors (Lipinski definition) is 4. The van der Waals surface area contributed by atoms with E-state index in [4.69, 9.17) is 4.74 Å². The molecule has 5 heteroatoms. The van der Waals surface area contributed by atoms with Crippen molar-refractivity contribution in [1.82, 2.24) is 9.80 Å². The molecule has 114 valence electrons. The van der Waals surface area contributed by atoms with Gasteiger partial charge in [-0.25, -0.2) is 0 Å². The Morgan fingerprint density at radius 2 is 1.85 bits per heavy atom. The highest BCUT2D eigenvalue weighted by Gasteiger charge is 2.33. The van der Waals surface area contributed by atoms with Crippen LogP contribution in [0.15, 0.2) is 0 Å². The van der Waals surface area contributed by atoms with Gasteiger partial charge in [0.15, 0.2) is 0 Å². The molecule has 2 saturated carbocycles. The largest absolute Gasteiger partial charge is 0.391 e. The summed E-state index contributed by atoms with van der Waals surface area (Å²) in [6.07, 6.45) is 5.50. The lowest BCUT2D eigenvalue weighted by molar-refractivity contribution is -0.138. The molecule has 1 amide bonds. The Labute approximate surface area is 120 Å². The van der Waals surface area contributed by atoms with E-state index < -0.39 is 0 Å². The number of carbonyl (C=O) groups is 1. The third-order valence-electron chi connectivity index (χ3n) is 4.86. The number of piperazine rings is 1. The minimum absolute atomic E-state index is 0.122. The minimum atomic E-state index is -0.167. The number of aliphatic hydroxyl groups excluding tert-OH is 1. The fourth-order valence-corrected chi connectivity index (χ4v) is 3.34. The van der Waals surface area contributed by atoms with Crippen LogP contribution in [0.4, 0.5) is 0 Å². The summed E-state index contributed by atoms with van der Waals surface area (Å²) in [6, 6.07) is 0.318. The molecule has 1 heterocycles. The van der Waals surface area contributed by atoms with Crippen LogP contribution < -0.4 is 0 Å². The Hall–Kier alpha value is -0.650. The van der Waals surface area contributed by atoms with Crippen LogP contribution >= 0.6 is 0 Å². The molecule has 0 unspecified atom stereocenters. The molecule has 0 aromatic rings. The number of ether oxygens (including phenoxy) is 1. The predicted molar refractivity (Wildman–Crippen MR) is 75.3 cm³/mol. The molecule has 1 saturated heterocycles. The van der Waals surface area contributed by atoms with E-state index >= 15 is 0 Å². The van der Waals surface area contributed by atoms with Gasteiger partial charge in [0.1, 0.15) is 6.61 Å². The molecule has 2 atom stereocenters. The van der Waals surface area contributed by atoms with Crippen LogP contribution in [0.5, 0.6) is 0 Å². The Kier molecular flexibility index (Phi) is 4.58. The van der Waals surface area contributed by atoms with E-state index in [9.17, 15) is 9.90 Å². The normalized spacial score (nSPS) is 31.8. The van der Waals surface area contributed by atoms with E-state index in [1.165, 1.54) is 12.8 Å². The summed E-state index contributed by atoms with van der Waals surface area (Å²) in [5.41, 5.74) is 0. The van der Waals surface area contributed by atoms with Gasteiger partial charge < -0.3 is 14.7 Å². The lowest BCUT2D eigenvalue weighted by Gasteiger charge is -2.39. The second kappa shape index (κ2) is 6.41. The summed E-state index contributed by atoms with van der Waals surface area (Å²) in [6.45, 7) is 4.30. The van der Waals surface area contributed by atoms with Gasteiger partial charge in [0, 0.05) is 32.2 Å². The maximum atomic E-state index is 12.0. The van der Waals surface area contributed by atoms with Gasteiger partial charge in [-0.05, 0) is 38.0 Å². The molecule has 0 aromatic carbocycles. The highest BCUT2D eigenvalue weighted by Crippen LogP contribution is 2.28. The van der Waals surface area contributed by atoms with E-state index in [1.54, 1.807) is 0 Å². The standard InChI is InChI=1S/C15H26N2O3/c18-14-3-1-2-13(14)16-6-8-17(9-7-16)15(19)11-20-10-12-4-5-12/h12-14,18H,1-11H2/t13-,14+/m1/s1. The van der Waals surface area contributed by atoms with Gasteiger partial charge >= 0.3 is 0 Å². The molecule has 0 radical (unpaired) electrons. The minimum Gasteiger partial charge on any atom is -0.391 e. The average molecular weight is 282 g/mol. The zero-order valence-corrected chi connectivity index (χ0v) is 12.2. The van der Waals surface area contributed by atoms with Gasteiger partial charge in [0.2, 0.25) is 5.91 Å². The predicted octanol–water partition coefficient (Wildman–Crippen LogP) is 0.471. The van der Waals surface area contributed by atoms with E-state index in [1.807, 2.05) is 4.90 Å². The topological polar surface area (TPSA) is 53.0 Å². The summed E-state index contributed by atoms with van der Waals surface area (Å²) >= 11 is 0. The summed E-state index contributed by atoms with van der Waals surface area (Å²) in [4.78, 5) is 16.3. The molecule has 0 aromatic heterocycles. The number of amides is 1. The number of rotatable bonds is 5. The van der Waals surface area contributed by atoms with Crippen molar-refractivity contribution >= 4 is 5.91 Å². The molecule has 2 aliphatic carbocycles. The Balaban J connectivity index is 1.37. The average Bonchev–Trinajstić information content (AvgIpc) is 3.19. The number of nitrogens with zero attached hydrogens (tertiary/aromatic N) is 2. The van der Waals surface area contributed by atoms with Crippen LogP contribution in [-0.4, -0.2) is 72.4 Å². The second-order valence-corrected chi connectivity index (χ2v) is 6.44. The number of hydrogen-bond donors (Lipinski definition) is 1. The van der Waals surface area contributed by atoms with Crippen LogP contribution in [0.25, 0.3) is 0 Å². The van der Waals surface area contributed by atoms with Crippen molar-refractivity contribution in [2.24, 2.45) is 5.92 Å². The summed E-state index contributed by atoms with van der Waals surface area (Å²) < 4.78 is 5.47. The van der Waals surface area contributed by atoms with E-state index in [0.29, 0.717) is 12.0 Å². The van der Waals surface area contributed by atoms with Crippen molar-refractivity contribution in [1.29, 1.82) is 0 Å². The molecule has 3 rings (SSSR count). The first-order chi connectivity index (χ1) is 9.74. The van der Waals surface area contributed by atoms with E-state index in [-0.39, 0.29) is 18.6 Å². The molecule has 3 aliphatic rings. The maximum Gasteiger partial charge on any atom is 0.248 e. The fraction of sp³-hybridized carbons (Fsp3) is 0.933. The van der Waals surface area contributed by atoms with Crippen molar-refractivity contribution in [2.45, 2.75) is 44.2 Å². The molecule has 3 fully saturated rings. The lowest BCUT2D eigenvalue weighted by atomic mass is 10.1. The first kappa shape index (κ1) is 14.3. The third-order valence-corrected chi connectivity index (χ3v) is 4.86. The van der Waals surface area contributed by atoms with Crippen molar-refractivity contribution in [3.8, 4) is 0 Å². The second-order valence-electron chi connectivity index (χ2n) is 6.44. The van der Waals surface area contributed by atoms with Crippen molar-refractivity contribution in [3.05, 3.63) is 0 Å². The first-order valence-corrected chi connectivity index (χ1v) is 8.01. The monoisotopic (exact) mass is 282 g/mol. The Morgan fingerprint density at radius 3 is 2.45 bits per heavy atom. The molecule has 20 heavy (non-hydrogen) atoms. The van der Waals surface area contributed by atoms with Crippen LogP contribution in [0.1, 0.15) is 32.1 Å². The fourth-order valence-electron chi connectivity index (χ4n) is 3.34. The van der Waals surface area contributed by atoms with Gasteiger partial charge in [-0.1, -0.05) is 0 Å². The molecule has 1 aliphatic heterocycles. The van der Waals surface area contributed by atoms with Crippen LogP contribution in [0, 0.1) is 5.92 Å². The van der Waals surface area contributed by atoms with Crippen LogP contribution in [-0.2, 0) is 9.53 Å².